The molecule has 0 fully saturated rings. The quantitative estimate of drug-likeness (QED) is 0.919. The van der Waals surface area contributed by atoms with E-state index >= 15 is 0 Å². The zero-order chi connectivity index (χ0) is 15.7. The maximum Gasteiger partial charge on any atom is 0.223 e. The molecule has 0 aromatic carbocycles. The van der Waals surface area contributed by atoms with Crippen LogP contribution in [0.2, 0.25) is 0 Å². The van der Waals surface area contributed by atoms with E-state index in [4.69, 9.17) is 0 Å². The molecule has 22 heavy (non-hydrogen) atoms. The Morgan fingerprint density at radius 1 is 1.50 bits per heavy atom. The third kappa shape index (κ3) is 2.93. The monoisotopic (exact) mass is 300 g/mol. The van der Waals surface area contributed by atoms with Gasteiger partial charge in [0.1, 0.15) is 0 Å². The molecule has 0 saturated carbocycles. The van der Waals surface area contributed by atoms with Gasteiger partial charge in [-0.05, 0) is 25.0 Å². The molecule has 3 heterocycles. The zero-order valence-electron chi connectivity index (χ0n) is 13.1. The summed E-state index contributed by atoms with van der Waals surface area (Å²) in [5, 5.41) is 7.48. The lowest BCUT2D eigenvalue weighted by molar-refractivity contribution is -0.131. The van der Waals surface area contributed by atoms with Crippen molar-refractivity contribution in [1.29, 1.82) is 0 Å². The number of carbonyl (C=O) groups excluding carboxylic acids is 1. The maximum atomic E-state index is 11.7. The smallest absolute Gasteiger partial charge is 0.223 e. The minimum absolute atomic E-state index is 0.0831. The number of hydrogen-bond donors (Lipinski definition) is 1. The molecular formula is C15H20N6O. The fourth-order valence-electron chi connectivity index (χ4n) is 2.73. The number of nitrogens with one attached hydrogen (secondary N) is 1. The molecule has 1 atom stereocenters. The van der Waals surface area contributed by atoms with Gasteiger partial charge in [-0.1, -0.05) is 0 Å². The molecule has 2 aromatic rings. The Hall–Kier alpha value is -2.44. The van der Waals surface area contributed by atoms with E-state index in [0.717, 1.165) is 23.4 Å². The van der Waals surface area contributed by atoms with Crippen molar-refractivity contribution in [1.82, 2.24) is 24.6 Å². The third-order valence-corrected chi connectivity index (χ3v) is 3.92. The van der Waals surface area contributed by atoms with Crippen LogP contribution in [0, 0.1) is 0 Å². The SMILES string of the molecule is CC(=O)N1Cc2nc(NCc3ccn(C)n3)ncc2C[C@H]1C. The summed E-state index contributed by atoms with van der Waals surface area (Å²) in [6, 6.07) is 2.14. The molecule has 1 amide bonds. The first-order valence-corrected chi connectivity index (χ1v) is 7.37. The van der Waals surface area contributed by atoms with E-state index in [0.29, 0.717) is 19.0 Å². The molecule has 0 bridgehead atoms. The lowest BCUT2D eigenvalue weighted by atomic mass is 10.0. The number of nitrogens with zero attached hydrogens (tertiary/aromatic N) is 5. The van der Waals surface area contributed by atoms with Crippen LogP contribution in [0.25, 0.3) is 0 Å². The lowest BCUT2D eigenvalue weighted by Crippen LogP contribution is -2.41. The van der Waals surface area contributed by atoms with Crippen molar-refractivity contribution >= 4 is 11.9 Å². The van der Waals surface area contributed by atoms with Crippen LogP contribution < -0.4 is 5.32 Å². The molecular weight excluding hydrogens is 280 g/mol. The topological polar surface area (TPSA) is 75.9 Å². The summed E-state index contributed by atoms with van der Waals surface area (Å²) >= 11 is 0. The van der Waals surface area contributed by atoms with Crippen LogP contribution in [-0.2, 0) is 31.4 Å². The van der Waals surface area contributed by atoms with Crippen molar-refractivity contribution in [3.05, 3.63) is 35.4 Å². The number of aromatic nitrogens is 4. The molecule has 1 aliphatic heterocycles. The second-order valence-corrected chi connectivity index (χ2v) is 5.70. The summed E-state index contributed by atoms with van der Waals surface area (Å²) in [6.45, 7) is 4.78. The Bertz CT molecular complexity index is 695. The largest absolute Gasteiger partial charge is 0.348 e. The van der Waals surface area contributed by atoms with Crippen molar-refractivity contribution in [2.45, 2.75) is 39.4 Å². The highest BCUT2D eigenvalue weighted by Crippen LogP contribution is 2.22. The van der Waals surface area contributed by atoms with Crippen molar-refractivity contribution in [3.63, 3.8) is 0 Å². The molecule has 0 radical (unpaired) electrons. The molecule has 1 N–H and O–H groups in total. The predicted molar refractivity (Wildman–Crippen MR) is 82.0 cm³/mol. The van der Waals surface area contributed by atoms with Gasteiger partial charge in [-0.25, -0.2) is 9.97 Å². The molecule has 1 aliphatic rings. The highest BCUT2D eigenvalue weighted by Gasteiger charge is 2.26. The number of rotatable bonds is 3. The van der Waals surface area contributed by atoms with E-state index in [1.807, 2.05) is 30.4 Å². The number of carbonyl (C=O) groups is 1. The Labute approximate surface area is 129 Å². The van der Waals surface area contributed by atoms with Gasteiger partial charge in [0.25, 0.3) is 0 Å². The van der Waals surface area contributed by atoms with E-state index in [2.05, 4.69) is 27.3 Å². The average Bonchev–Trinajstić information content (AvgIpc) is 2.90. The highest BCUT2D eigenvalue weighted by molar-refractivity contribution is 5.74. The molecule has 2 aromatic heterocycles. The number of amides is 1. The summed E-state index contributed by atoms with van der Waals surface area (Å²) in [5.74, 6) is 0.655. The predicted octanol–water partition coefficient (Wildman–Crippen LogP) is 1.12. The van der Waals surface area contributed by atoms with Crippen LogP contribution >= 0.6 is 0 Å². The van der Waals surface area contributed by atoms with Crippen LogP contribution in [0.5, 0.6) is 0 Å². The summed E-state index contributed by atoms with van der Waals surface area (Å²) in [6.07, 6.45) is 4.56. The Kier molecular flexibility index (Phi) is 3.79. The Balaban J connectivity index is 1.73. The van der Waals surface area contributed by atoms with Gasteiger partial charge in [-0.3, -0.25) is 9.48 Å². The first-order chi connectivity index (χ1) is 10.5. The van der Waals surface area contributed by atoms with E-state index in [1.165, 1.54) is 0 Å². The number of fused-ring (bicyclic) bond motifs is 1. The van der Waals surface area contributed by atoms with Crippen LogP contribution in [0.1, 0.15) is 30.8 Å². The average molecular weight is 300 g/mol. The Morgan fingerprint density at radius 3 is 3.00 bits per heavy atom. The molecule has 0 aliphatic carbocycles. The molecule has 0 saturated heterocycles. The van der Waals surface area contributed by atoms with Gasteiger partial charge in [-0.2, -0.15) is 5.10 Å². The molecule has 7 nitrogen and oxygen atoms in total. The highest BCUT2D eigenvalue weighted by atomic mass is 16.2. The van der Waals surface area contributed by atoms with Crippen LogP contribution in [0.15, 0.2) is 18.5 Å². The second kappa shape index (κ2) is 5.75. The van der Waals surface area contributed by atoms with Gasteiger partial charge in [0.2, 0.25) is 11.9 Å². The third-order valence-electron chi connectivity index (χ3n) is 3.92. The zero-order valence-corrected chi connectivity index (χ0v) is 13.1. The van der Waals surface area contributed by atoms with Crippen molar-refractivity contribution < 1.29 is 4.79 Å². The first kappa shape index (κ1) is 14.5. The van der Waals surface area contributed by atoms with Gasteiger partial charge >= 0.3 is 0 Å². The molecule has 116 valence electrons. The van der Waals surface area contributed by atoms with Crippen LogP contribution in [0.4, 0.5) is 5.95 Å². The van der Waals surface area contributed by atoms with Gasteiger partial charge in [0.05, 0.1) is 24.5 Å². The van der Waals surface area contributed by atoms with Crippen LogP contribution in [0.3, 0.4) is 0 Å². The number of aryl methyl sites for hydroxylation is 1. The van der Waals surface area contributed by atoms with E-state index < -0.39 is 0 Å². The summed E-state index contributed by atoms with van der Waals surface area (Å²) in [5.41, 5.74) is 2.98. The molecule has 7 heteroatoms. The first-order valence-electron chi connectivity index (χ1n) is 7.37. The second-order valence-electron chi connectivity index (χ2n) is 5.70. The Morgan fingerprint density at radius 2 is 2.32 bits per heavy atom. The minimum atomic E-state index is 0.0831. The van der Waals surface area contributed by atoms with Crippen molar-refractivity contribution in [2.75, 3.05) is 5.32 Å². The number of hydrogen-bond acceptors (Lipinski definition) is 5. The minimum Gasteiger partial charge on any atom is -0.348 e. The van der Waals surface area contributed by atoms with Gasteiger partial charge in [-0.15, -0.1) is 0 Å². The summed E-state index contributed by atoms with van der Waals surface area (Å²) < 4.78 is 1.76. The standard InChI is InChI=1S/C15H20N6O/c1-10-6-12-7-16-15(17-8-13-4-5-20(3)19-13)18-14(12)9-21(10)11(2)22/h4-5,7,10H,6,8-9H2,1-3H3,(H,16,17,18)/t10-/m1/s1. The van der Waals surface area contributed by atoms with E-state index in [-0.39, 0.29) is 11.9 Å². The fourth-order valence-corrected chi connectivity index (χ4v) is 2.73. The summed E-state index contributed by atoms with van der Waals surface area (Å²) in [4.78, 5) is 22.4. The summed E-state index contributed by atoms with van der Waals surface area (Å²) in [7, 11) is 1.89. The maximum absolute atomic E-state index is 11.7. The molecule has 3 rings (SSSR count). The van der Waals surface area contributed by atoms with Crippen molar-refractivity contribution in [3.8, 4) is 0 Å². The van der Waals surface area contributed by atoms with Gasteiger partial charge < -0.3 is 10.2 Å². The lowest BCUT2D eigenvalue weighted by Gasteiger charge is -2.33. The van der Waals surface area contributed by atoms with Gasteiger partial charge in [0.15, 0.2) is 0 Å². The normalized spacial score (nSPS) is 17.2. The molecule has 0 unspecified atom stereocenters. The van der Waals surface area contributed by atoms with E-state index in [9.17, 15) is 4.79 Å². The number of anilines is 1. The molecule has 0 spiro atoms. The van der Waals surface area contributed by atoms with Gasteiger partial charge in [0, 0.05) is 32.4 Å². The van der Waals surface area contributed by atoms with E-state index in [1.54, 1.807) is 11.6 Å². The van der Waals surface area contributed by atoms with Crippen molar-refractivity contribution in [2.24, 2.45) is 7.05 Å². The van der Waals surface area contributed by atoms with Crippen LogP contribution in [-0.4, -0.2) is 36.6 Å². The fraction of sp³-hybridized carbons (Fsp3) is 0.467.